The number of benzene rings is 3. The number of carbonyl (C=O) groups excluding carboxylic acids is 1. The van der Waals surface area contributed by atoms with Gasteiger partial charge in [0.15, 0.2) is 6.23 Å². The molecule has 0 amide bonds. The first-order chi connectivity index (χ1) is 16.1. The van der Waals surface area contributed by atoms with E-state index in [0.717, 1.165) is 33.9 Å². The summed E-state index contributed by atoms with van der Waals surface area (Å²) in [5.74, 6) is 1.23. The lowest BCUT2D eigenvalue weighted by atomic mass is 10.0. The molecule has 6 nitrogen and oxygen atoms in total. The highest BCUT2D eigenvalue weighted by atomic mass is 35.5. The minimum absolute atomic E-state index is 0.0840. The molecule has 5 rings (SSSR count). The summed E-state index contributed by atoms with van der Waals surface area (Å²) in [5, 5.41) is 2.71. The van der Waals surface area contributed by atoms with Crippen molar-refractivity contribution in [3.63, 3.8) is 0 Å². The lowest BCUT2D eigenvalue weighted by Crippen LogP contribution is -2.43. The van der Waals surface area contributed by atoms with Crippen LogP contribution in [0.1, 0.15) is 46.2 Å². The molecule has 3 aromatic carbocycles. The molecule has 0 spiro atoms. The van der Waals surface area contributed by atoms with Crippen molar-refractivity contribution in [2.24, 2.45) is 0 Å². The van der Waals surface area contributed by atoms with Gasteiger partial charge in [-0.2, -0.15) is 5.01 Å². The maximum absolute atomic E-state index is 11.8. The van der Waals surface area contributed by atoms with Crippen LogP contribution in [0.5, 0.6) is 11.5 Å². The number of methoxy groups -OCH3 is 1. The third-order valence-electron chi connectivity index (χ3n) is 5.75. The zero-order valence-corrected chi connectivity index (χ0v) is 19.0. The number of hydrogen-bond acceptors (Lipinski definition) is 6. The summed E-state index contributed by atoms with van der Waals surface area (Å²) in [6.45, 7) is 2.59. The van der Waals surface area contributed by atoms with Crippen molar-refractivity contribution in [3.8, 4) is 11.5 Å². The largest absolute Gasteiger partial charge is 0.494 e. The van der Waals surface area contributed by atoms with Gasteiger partial charge in [-0.1, -0.05) is 23.7 Å². The third kappa shape index (κ3) is 4.03. The molecule has 7 heteroatoms. The summed E-state index contributed by atoms with van der Waals surface area (Å²) in [6.07, 6.45) is 1.76. The number of nitrogens with zero attached hydrogens (tertiary/aromatic N) is 1. The summed E-state index contributed by atoms with van der Waals surface area (Å²) in [7, 11) is 1.37. The Labute approximate surface area is 197 Å². The second-order valence-electron chi connectivity index (χ2n) is 7.77. The summed E-state index contributed by atoms with van der Waals surface area (Å²) in [5.41, 5.74) is 7.90. The van der Waals surface area contributed by atoms with Crippen LogP contribution in [-0.4, -0.2) is 24.7 Å². The van der Waals surface area contributed by atoms with Gasteiger partial charge < -0.3 is 19.6 Å². The molecular weight excluding hydrogens is 440 g/mol. The number of hydrogen-bond donors (Lipinski definition) is 1. The second kappa shape index (κ2) is 8.81. The molecule has 2 heterocycles. The van der Waals surface area contributed by atoms with Gasteiger partial charge in [-0.3, -0.25) is 0 Å². The fourth-order valence-electron chi connectivity index (χ4n) is 4.15. The molecule has 33 heavy (non-hydrogen) atoms. The SMILES string of the molecule is CCOc1ccc(C2=CC3c4cc(Cl)ccc4OC(c4ccc(C(=O)OC)cc4)N3N2)cc1. The van der Waals surface area contributed by atoms with Gasteiger partial charge in [-0.05, 0) is 73.2 Å². The zero-order valence-electron chi connectivity index (χ0n) is 18.2. The van der Waals surface area contributed by atoms with Crippen LogP contribution in [0.15, 0.2) is 72.8 Å². The molecule has 2 atom stereocenters. The molecule has 0 aromatic heterocycles. The van der Waals surface area contributed by atoms with Crippen LogP contribution in [0.2, 0.25) is 5.02 Å². The Hall–Kier alpha value is -3.48. The molecule has 0 fully saturated rings. The van der Waals surface area contributed by atoms with Crippen molar-refractivity contribution in [1.29, 1.82) is 0 Å². The lowest BCUT2D eigenvalue weighted by Gasteiger charge is -2.39. The van der Waals surface area contributed by atoms with Crippen molar-refractivity contribution in [1.82, 2.24) is 10.4 Å². The van der Waals surface area contributed by atoms with E-state index in [4.69, 9.17) is 25.8 Å². The second-order valence-corrected chi connectivity index (χ2v) is 8.20. The molecule has 2 aliphatic rings. The lowest BCUT2D eigenvalue weighted by molar-refractivity contribution is -0.0326. The zero-order chi connectivity index (χ0) is 22.9. The van der Waals surface area contributed by atoms with E-state index in [1.165, 1.54) is 7.11 Å². The number of halogens is 1. The van der Waals surface area contributed by atoms with E-state index in [9.17, 15) is 4.79 Å². The molecule has 2 aliphatic heterocycles. The number of rotatable bonds is 5. The number of ether oxygens (including phenoxy) is 3. The van der Waals surface area contributed by atoms with E-state index in [1.54, 1.807) is 12.1 Å². The van der Waals surface area contributed by atoms with E-state index < -0.39 is 6.23 Å². The van der Waals surface area contributed by atoms with Crippen molar-refractivity contribution >= 4 is 23.3 Å². The van der Waals surface area contributed by atoms with Crippen LogP contribution in [0, 0.1) is 0 Å². The summed E-state index contributed by atoms with van der Waals surface area (Å²) < 4.78 is 16.8. The number of nitrogens with one attached hydrogen (secondary N) is 1. The Morgan fingerprint density at radius 3 is 2.55 bits per heavy atom. The molecule has 2 unspecified atom stereocenters. The fourth-order valence-corrected chi connectivity index (χ4v) is 4.33. The van der Waals surface area contributed by atoms with Crippen LogP contribution in [0.3, 0.4) is 0 Å². The Kier molecular flexibility index (Phi) is 5.70. The summed E-state index contributed by atoms with van der Waals surface area (Å²) >= 11 is 6.31. The van der Waals surface area contributed by atoms with Gasteiger partial charge in [0.25, 0.3) is 0 Å². The van der Waals surface area contributed by atoms with Crippen molar-refractivity contribution in [2.75, 3.05) is 13.7 Å². The topological polar surface area (TPSA) is 60.0 Å². The molecule has 3 aromatic rings. The van der Waals surface area contributed by atoms with Gasteiger partial charge in [0.1, 0.15) is 11.5 Å². The average molecular weight is 463 g/mol. The highest BCUT2D eigenvalue weighted by molar-refractivity contribution is 6.30. The highest BCUT2D eigenvalue weighted by Crippen LogP contribution is 2.46. The molecule has 1 N–H and O–H groups in total. The van der Waals surface area contributed by atoms with Crippen LogP contribution >= 0.6 is 11.6 Å². The average Bonchev–Trinajstić information content (AvgIpc) is 3.30. The first-order valence-electron chi connectivity index (χ1n) is 10.7. The van der Waals surface area contributed by atoms with Gasteiger partial charge in [-0.15, -0.1) is 0 Å². The van der Waals surface area contributed by atoms with E-state index in [2.05, 4.69) is 16.5 Å². The maximum atomic E-state index is 11.8. The van der Waals surface area contributed by atoms with E-state index in [-0.39, 0.29) is 12.0 Å². The standard InChI is InChI=1S/C26H23ClN2O4/c1-3-32-20-11-8-16(9-12-20)22-15-23-21-14-19(27)10-13-24(21)33-25(29(23)28-22)17-4-6-18(7-5-17)26(30)31-2/h4-15,23,25,28H,3H2,1-2H3. The van der Waals surface area contributed by atoms with Gasteiger partial charge in [0.2, 0.25) is 0 Å². The predicted octanol–water partition coefficient (Wildman–Crippen LogP) is 5.52. The first kappa shape index (κ1) is 21.4. The van der Waals surface area contributed by atoms with Crippen LogP contribution in [-0.2, 0) is 4.74 Å². The minimum Gasteiger partial charge on any atom is -0.494 e. The number of carbonyl (C=O) groups is 1. The van der Waals surface area contributed by atoms with E-state index in [1.807, 2.05) is 61.5 Å². The summed E-state index contributed by atoms with van der Waals surface area (Å²) in [4.78, 5) is 11.8. The van der Waals surface area contributed by atoms with Gasteiger partial charge in [-0.25, -0.2) is 4.79 Å². The Morgan fingerprint density at radius 2 is 1.85 bits per heavy atom. The Bertz CT molecular complexity index is 1210. The number of esters is 1. The molecule has 168 valence electrons. The van der Waals surface area contributed by atoms with E-state index in [0.29, 0.717) is 17.2 Å². The quantitative estimate of drug-likeness (QED) is 0.504. The molecule has 0 saturated heterocycles. The highest BCUT2D eigenvalue weighted by Gasteiger charge is 2.40. The fraction of sp³-hybridized carbons (Fsp3) is 0.192. The van der Waals surface area contributed by atoms with Crippen LogP contribution < -0.4 is 14.9 Å². The van der Waals surface area contributed by atoms with Crippen molar-refractivity contribution in [3.05, 3.63) is 100 Å². The van der Waals surface area contributed by atoms with Crippen molar-refractivity contribution < 1.29 is 19.0 Å². The molecular formula is C26H23ClN2O4. The Balaban J connectivity index is 1.50. The van der Waals surface area contributed by atoms with Gasteiger partial charge in [0, 0.05) is 16.1 Å². The summed E-state index contributed by atoms with van der Waals surface area (Å²) in [6, 6.07) is 20.8. The van der Waals surface area contributed by atoms with Crippen LogP contribution in [0.25, 0.3) is 5.70 Å². The normalized spacial score (nSPS) is 18.9. The van der Waals surface area contributed by atoms with Crippen molar-refractivity contribution in [2.45, 2.75) is 19.2 Å². The smallest absolute Gasteiger partial charge is 0.337 e. The predicted molar refractivity (Wildman–Crippen MR) is 126 cm³/mol. The van der Waals surface area contributed by atoms with Gasteiger partial charge in [0.05, 0.1) is 31.0 Å². The monoisotopic (exact) mass is 462 g/mol. The van der Waals surface area contributed by atoms with Crippen LogP contribution in [0.4, 0.5) is 0 Å². The molecule has 0 saturated carbocycles. The maximum Gasteiger partial charge on any atom is 0.337 e. The Morgan fingerprint density at radius 1 is 1.09 bits per heavy atom. The third-order valence-corrected chi connectivity index (χ3v) is 5.98. The molecule has 0 bridgehead atoms. The minimum atomic E-state index is -0.410. The van der Waals surface area contributed by atoms with E-state index >= 15 is 0 Å². The number of hydrazine groups is 1. The molecule has 0 radical (unpaired) electrons. The van der Waals surface area contributed by atoms with Gasteiger partial charge >= 0.3 is 5.97 Å². The first-order valence-corrected chi connectivity index (χ1v) is 11.1. The molecule has 0 aliphatic carbocycles. The number of fused-ring (bicyclic) bond motifs is 3.